The molecule has 1 aromatic rings. The molecule has 1 aliphatic rings. The number of ether oxygens (including phenoxy) is 2. The largest absolute Gasteiger partial charge is 0.466 e. The molecule has 0 aliphatic carbocycles. The number of esters is 1. The molecule has 1 aliphatic heterocycles. The summed E-state index contributed by atoms with van der Waals surface area (Å²) in [5.41, 5.74) is -0.957. The summed E-state index contributed by atoms with van der Waals surface area (Å²) < 4.78 is 51.1. The van der Waals surface area contributed by atoms with Crippen molar-refractivity contribution in [1.29, 1.82) is 0 Å². The van der Waals surface area contributed by atoms with Crippen molar-refractivity contribution in [2.24, 2.45) is 0 Å². The van der Waals surface area contributed by atoms with E-state index in [0.717, 1.165) is 12.1 Å². The smallest absolute Gasteiger partial charge is 0.411 e. The number of halogens is 3. The van der Waals surface area contributed by atoms with Gasteiger partial charge in [0, 0.05) is 17.7 Å². The molecule has 27 heavy (non-hydrogen) atoms. The van der Waals surface area contributed by atoms with Gasteiger partial charge in [0.1, 0.15) is 11.4 Å². The van der Waals surface area contributed by atoms with Gasteiger partial charge in [-0.2, -0.15) is 0 Å². The number of benzene rings is 1. The van der Waals surface area contributed by atoms with Crippen molar-refractivity contribution in [3.05, 3.63) is 47.3 Å². The van der Waals surface area contributed by atoms with Gasteiger partial charge >= 0.3 is 12.1 Å². The SMILES string of the molecule is COC(=O)C=C[C@H]1CC[C@@H](c2cc(F)c(F)cc2F)N1C(=O)OC(C)(C)C. The topological polar surface area (TPSA) is 55.8 Å². The Bertz CT molecular complexity index is 758. The molecule has 0 spiro atoms. The Hall–Kier alpha value is -2.51. The molecule has 0 N–H and O–H groups in total. The lowest BCUT2D eigenvalue weighted by Crippen LogP contribution is -2.40. The van der Waals surface area contributed by atoms with Crippen molar-refractivity contribution in [2.45, 2.75) is 51.3 Å². The third kappa shape index (κ3) is 5.02. The highest BCUT2D eigenvalue weighted by molar-refractivity contribution is 5.82. The molecule has 2 atom stereocenters. The Balaban J connectivity index is 2.41. The van der Waals surface area contributed by atoms with Gasteiger partial charge in [-0.15, -0.1) is 0 Å². The lowest BCUT2D eigenvalue weighted by Gasteiger charge is -2.32. The molecule has 8 heteroatoms. The number of carbonyl (C=O) groups is 2. The number of carbonyl (C=O) groups excluding carboxylic acids is 2. The van der Waals surface area contributed by atoms with E-state index >= 15 is 0 Å². The number of likely N-dealkylation sites (tertiary alicyclic amines) is 1. The molecular formula is C19H22F3NO4. The van der Waals surface area contributed by atoms with Crippen molar-refractivity contribution in [3.63, 3.8) is 0 Å². The molecule has 1 heterocycles. The van der Waals surface area contributed by atoms with Gasteiger partial charge in [-0.05, 0) is 39.7 Å². The standard InChI is InChI=1S/C19H22F3NO4/c1-19(2,3)27-18(25)23-11(6-8-17(24)26-4)5-7-16(23)12-9-14(21)15(22)10-13(12)20/h6,8-11,16H,5,7H2,1-4H3/t11-,16+/m1/s1. The zero-order valence-electron chi connectivity index (χ0n) is 15.6. The molecule has 2 rings (SSSR count). The first-order valence-corrected chi connectivity index (χ1v) is 8.45. The molecule has 0 radical (unpaired) electrons. The van der Waals surface area contributed by atoms with E-state index in [0.29, 0.717) is 12.5 Å². The van der Waals surface area contributed by atoms with Crippen LogP contribution in [0.4, 0.5) is 18.0 Å². The van der Waals surface area contributed by atoms with Crippen molar-refractivity contribution in [3.8, 4) is 0 Å². The fourth-order valence-corrected chi connectivity index (χ4v) is 2.96. The molecule has 0 aromatic heterocycles. The van der Waals surface area contributed by atoms with Crippen LogP contribution in [0.3, 0.4) is 0 Å². The van der Waals surface area contributed by atoms with E-state index in [-0.39, 0.29) is 12.0 Å². The molecule has 0 bridgehead atoms. The van der Waals surface area contributed by atoms with E-state index in [9.17, 15) is 22.8 Å². The average Bonchev–Trinajstić information content (AvgIpc) is 2.98. The Kier molecular flexibility index (Phi) is 6.18. The van der Waals surface area contributed by atoms with Gasteiger partial charge in [0.25, 0.3) is 0 Å². The van der Waals surface area contributed by atoms with Crippen LogP contribution in [-0.2, 0) is 14.3 Å². The quantitative estimate of drug-likeness (QED) is 0.443. The maximum absolute atomic E-state index is 14.3. The van der Waals surface area contributed by atoms with Gasteiger partial charge in [0.15, 0.2) is 11.6 Å². The zero-order valence-corrected chi connectivity index (χ0v) is 15.6. The first-order valence-electron chi connectivity index (χ1n) is 8.45. The summed E-state index contributed by atoms with van der Waals surface area (Å²) in [5, 5.41) is 0. The molecule has 5 nitrogen and oxygen atoms in total. The zero-order chi connectivity index (χ0) is 20.4. The summed E-state index contributed by atoms with van der Waals surface area (Å²) >= 11 is 0. The van der Waals surface area contributed by atoms with Crippen LogP contribution in [0.15, 0.2) is 24.3 Å². The van der Waals surface area contributed by atoms with Gasteiger partial charge < -0.3 is 9.47 Å². The highest BCUT2D eigenvalue weighted by atomic mass is 19.2. The van der Waals surface area contributed by atoms with E-state index in [2.05, 4.69) is 4.74 Å². The van der Waals surface area contributed by atoms with Crippen molar-refractivity contribution in [1.82, 2.24) is 4.90 Å². The second-order valence-corrected chi connectivity index (χ2v) is 7.22. The molecule has 1 amide bonds. The lowest BCUT2D eigenvalue weighted by molar-refractivity contribution is -0.134. The number of hydrogen-bond donors (Lipinski definition) is 0. The Morgan fingerprint density at radius 1 is 1.11 bits per heavy atom. The van der Waals surface area contributed by atoms with Gasteiger partial charge in [-0.3, -0.25) is 4.90 Å². The maximum atomic E-state index is 14.3. The van der Waals surface area contributed by atoms with Crippen LogP contribution < -0.4 is 0 Å². The average molecular weight is 385 g/mol. The third-order valence-electron chi connectivity index (χ3n) is 4.09. The summed E-state index contributed by atoms with van der Waals surface area (Å²) in [5.74, 6) is -4.07. The molecule has 1 fully saturated rings. The molecule has 0 saturated carbocycles. The second-order valence-electron chi connectivity index (χ2n) is 7.22. The number of rotatable bonds is 3. The van der Waals surface area contributed by atoms with Gasteiger partial charge in [0.2, 0.25) is 0 Å². The molecule has 1 aromatic carbocycles. The van der Waals surface area contributed by atoms with Crippen LogP contribution in [-0.4, -0.2) is 35.7 Å². The summed E-state index contributed by atoms with van der Waals surface area (Å²) in [6, 6.07) is -0.243. The van der Waals surface area contributed by atoms with Crippen LogP contribution in [0, 0.1) is 17.5 Å². The van der Waals surface area contributed by atoms with Crippen molar-refractivity contribution < 1.29 is 32.2 Å². The van der Waals surface area contributed by atoms with Crippen molar-refractivity contribution in [2.75, 3.05) is 7.11 Å². The van der Waals surface area contributed by atoms with Gasteiger partial charge in [0.05, 0.1) is 19.2 Å². The summed E-state index contributed by atoms with van der Waals surface area (Å²) in [6.07, 6.45) is 2.54. The summed E-state index contributed by atoms with van der Waals surface area (Å²) in [7, 11) is 1.21. The first-order chi connectivity index (χ1) is 12.5. The van der Waals surface area contributed by atoms with Crippen LogP contribution >= 0.6 is 0 Å². The van der Waals surface area contributed by atoms with Crippen LogP contribution in [0.5, 0.6) is 0 Å². The highest BCUT2D eigenvalue weighted by Gasteiger charge is 2.40. The first kappa shape index (κ1) is 20.8. The van der Waals surface area contributed by atoms with E-state index < -0.39 is 47.2 Å². The second kappa shape index (κ2) is 8.02. The minimum absolute atomic E-state index is 0.145. The predicted molar refractivity (Wildman–Crippen MR) is 91.3 cm³/mol. The van der Waals surface area contributed by atoms with Crippen LogP contribution in [0.2, 0.25) is 0 Å². The Labute approximate surface area is 155 Å². The van der Waals surface area contributed by atoms with Crippen LogP contribution in [0.25, 0.3) is 0 Å². The van der Waals surface area contributed by atoms with E-state index in [1.165, 1.54) is 18.1 Å². The maximum Gasteiger partial charge on any atom is 0.411 e. The lowest BCUT2D eigenvalue weighted by atomic mass is 10.0. The normalized spacial score (nSPS) is 20.2. The summed E-state index contributed by atoms with van der Waals surface area (Å²) in [6.45, 7) is 5.02. The number of methoxy groups -OCH3 is 1. The Morgan fingerprint density at radius 3 is 2.33 bits per heavy atom. The highest BCUT2D eigenvalue weighted by Crippen LogP contribution is 2.39. The Morgan fingerprint density at radius 2 is 1.74 bits per heavy atom. The number of hydrogen-bond acceptors (Lipinski definition) is 4. The molecule has 0 unspecified atom stereocenters. The van der Waals surface area contributed by atoms with Gasteiger partial charge in [-0.1, -0.05) is 6.08 Å². The minimum atomic E-state index is -1.31. The van der Waals surface area contributed by atoms with E-state index in [1.54, 1.807) is 20.8 Å². The number of amides is 1. The number of nitrogens with zero attached hydrogens (tertiary/aromatic N) is 1. The fourth-order valence-electron chi connectivity index (χ4n) is 2.96. The van der Waals surface area contributed by atoms with Crippen LogP contribution in [0.1, 0.15) is 45.2 Å². The third-order valence-corrected chi connectivity index (χ3v) is 4.09. The van der Waals surface area contributed by atoms with Crippen molar-refractivity contribution >= 4 is 12.1 Å². The van der Waals surface area contributed by atoms with Gasteiger partial charge in [-0.25, -0.2) is 22.8 Å². The molecular weight excluding hydrogens is 363 g/mol. The predicted octanol–water partition coefficient (Wildman–Crippen LogP) is 4.27. The molecule has 1 saturated heterocycles. The minimum Gasteiger partial charge on any atom is -0.466 e. The summed E-state index contributed by atoms with van der Waals surface area (Å²) in [4.78, 5) is 25.3. The fraction of sp³-hybridized carbons (Fsp3) is 0.474. The molecule has 148 valence electrons. The van der Waals surface area contributed by atoms with E-state index in [4.69, 9.17) is 4.74 Å². The van der Waals surface area contributed by atoms with E-state index in [1.807, 2.05) is 0 Å². The monoisotopic (exact) mass is 385 g/mol.